The summed E-state index contributed by atoms with van der Waals surface area (Å²) in [5.41, 5.74) is 0.688. The zero-order chi connectivity index (χ0) is 15.5. The lowest BCUT2D eigenvalue weighted by Crippen LogP contribution is -2.33. The van der Waals surface area contributed by atoms with Crippen LogP contribution in [-0.2, 0) is 16.1 Å². The quantitative estimate of drug-likeness (QED) is 0.884. The lowest BCUT2D eigenvalue weighted by molar-refractivity contribution is -0.149. The topological polar surface area (TPSA) is 79.3 Å². The number of aromatic nitrogens is 1. The van der Waals surface area contributed by atoms with Crippen LogP contribution >= 0.6 is 0 Å². The molecule has 1 aromatic carbocycles. The molecule has 5 nitrogen and oxygen atoms in total. The standard InChI is InChI=1S/C16H18N2O3/c1-16(2,15(20)21)9-13(19)18-10-12-6-3-5-11-7-4-8-17-14(11)12/h3-8H,9-10H2,1-2H3,(H,18,19)(H,20,21). The maximum atomic E-state index is 11.9. The summed E-state index contributed by atoms with van der Waals surface area (Å²) >= 11 is 0. The number of rotatable bonds is 5. The van der Waals surface area contributed by atoms with Crippen LogP contribution in [0, 0.1) is 5.41 Å². The number of hydrogen-bond acceptors (Lipinski definition) is 3. The number of pyridine rings is 1. The van der Waals surface area contributed by atoms with Gasteiger partial charge in [0.25, 0.3) is 0 Å². The largest absolute Gasteiger partial charge is 0.481 e. The third-order valence-electron chi connectivity index (χ3n) is 3.37. The van der Waals surface area contributed by atoms with E-state index in [1.165, 1.54) is 13.8 Å². The maximum absolute atomic E-state index is 11.9. The number of carbonyl (C=O) groups is 2. The second kappa shape index (κ2) is 5.91. The van der Waals surface area contributed by atoms with Gasteiger partial charge in [0.1, 0.15) is 0 Å². The molecular weight excluding hydrogens is 268 g/mol. The number of carboxylic acids is 1. The summed E-state index contributed by atoms with van der Waals surface area (Å²) in [5.74, 6) is -1.26. The second-order valence-electron chi connectivity index (χ2n) is 5.63. The van der Waals surface area contributed by atoms with Gasteiger partial charge in [-0.25, -0.2) is 0 Å². The Kier molecular flexibility index (Phi) is 4.21. The number of nitrogens with zero attached hydrogens (tertiary/aromatic N) is 1. The Bertz CT molecular complexity index is 675. The van der Waals surface area contributed by atoms with Crippen molar-refractivity contribution in [1.82, 2.24) is 10.3 Å². The Balaban J connectivity index is 2.05. The minimum atomic E-state index is -1.07. The lowest BCUT2D eigenvalue weighted by Gasteiger charge is -2.18. The van der Waals surface area contributed by atoms with Crippen LogP contribution in [0.5, 0.6) is 0 Å². The molecule has 21 heavy (non-hydrogen) atoms. The van der Waals surface area contributed by atoms with Crippen molar-refractivity contribution in [3.63, 3.8) is 0 Å². The summed E-state index contributed by atoms with van der Waals surface area (Å²) in [4.78, 5) is 27.2. The number of carbonyl (C=O) groups excluding carboxylic acids is 1. The molecule has 0 fully saturated rings. The SMILES string of the molecule is CC(C)(CC(=O)NCc1cccc2cccnc12)C(=O)O. The number of aliphatic carboxylic acids is 1. The van der Waals surface area contributed by atoms with E-state index < -0.39 is 11.4 Å². The highest BCUT2D eigenvalue weighted by molar-refractivity contribution is 5.85. The Morgan fingerprint density at radius 1 is 1.24 bits per heavy atom. The number of para-hydroxylation sites is 1. The summed E-state index contributed by atoms with van der Waals surface area (Å²) in [7, 11) is 0. The average molecular weight is 286 g/mol. The van der Waals surface area contributed by atoms with Crippen LogP contribution < -0.4 is 5.32 Å². The number of benzene rings is 1. The number of fused-ring (bicyclic) bond motifs is 1. The molecule has 0 bridgehead atoms. The highest BCUT2D eigenvalue weighted by atomic mass is 16.4. The fourth-order valence-corrected chi connectivity index (χ4v) is 2.04. The van der Waals surface area contributed by atoms with Gasteiger partial charge in [-0.15, -0.1) is 0 Å². The maximum Gasteiger partial charge on any atom is 0.309 e. The number of carboxylic acid groups (broad SMARTS) is 1. The molecule has 0 radical (unpaired) electrons. The van der Waals surface area contributed by atoms with E-state index >= 15 is 0 Å². The highest BCUT2D eigenvalue weighted by Crippen LogP contribution is 2.20. The first kappa shape index (κ1) is 15.0. The summed E-state index contributed by atoms with van der Waals surface area (Å²) in [6.45, 7) is 3.41. The van der Waals surface area contributed by atoms with E-state index in [1.54, 1.807) is 6.20 Å². The van der Waals surface area contributed by atoms with Crippen molar-refractivity contribution in [1.29, 1.82) is 0 Å². The molecule has 0 saturated carbocycles. The predicted molar refractivity (Wildman–Crippen MR) is 79.6 cm³/mol. The van der Waals surface area contributed by atoms with Gasteiger partial charge in [-0.1, -0.05) is 24.3 Å². The van der Waals surface area contributed by atoms with E-state index in [0.29, 0.717) is 6.54 Å². The third kappa shape index (κ3) is 3.56. The van der Waals surface area contributed by atoms with Crippen molar-refractivity contribution in [3.05, 3.63) is 42.1 Å². The summed E-state index contributed by atoms with van der Waals surface area (Å²) in [6.07, 6.45) is 1.65. The molecule has 0 unspecified atom stereocenters. The Morgan fingerprint density at radius 3 is 2.67 bits per heavy atom. The molecule has 110 valence electrons. The van der Waals surface area contributed by atoms with Gasteiger partial charge in [-0.05, 0) is 25.5 Å². The molecule has 0 spiro atoms. The third-order valence-corrected chi connectivity index (χ3v) is 3.37. The van der Waals surface area contributed by atoms with Gasteiger partial charge >= 0.3 is 5.97 Å². The van der Waals surface area contributed by atoms with Crippen molar-refractivity contribution in [2.24, 2.45) is 5.41 Å². The van der Waals surface area contributed by atoms with Crippen LogP contribution in [0.25, 0.3) is 10.9 Å². The van der Waals surface area contributed by atoms with Gasteiger partial charge < -0.3 is 10.4 Å². The summed E-state index contributed by atoms with van der Waals surface area (Å²) in [6, 6.07) is 9.59. The van der Waals surface area contributed by atoms with Gasteiger partial charge in [-0.2, -0.15) is 0 Å². The first-order valence-corrected chi connectivity index (χ1v) is 6.73. The van der Waals surface area contributed by atoms with Crippen molar-refractivity contribution in [3.8, 4) is 0 Å². The zero-order valence-electron chi connectivity index (χ0n) is 12.1. The van der Waals surface area contributed by atoms with Crippen LogP contribution in [0.15, 0.2) is 36.5 Å². The molecule has 0 saturated heterocycles. The Hall–Kier alpha value is -2.43. The molecule has 5 heteroatoms. The van der Waals surface area contributed by atoms with Gasteiger partial charge in [0.05, 0.1) is 10.9 Å². The predicted octanol–water partition coefficient (Wildman–Crippen LogP) is 2.35. The van der Waals surface area contributed by atoms with Crippen LogP contribution in [0.4, 0.5) is 0 Å². The van der Waals surface area contributed by atoms with E-state index in [9.17, 15) is 9.59 Å². The van der Waals surface area contributed by atoms with Gasteiger partial charge in [-0.3, -0.25) is 14.6 Å². The van der Waals surface area contributed by atoms with Crippen molar-refractivity contribution in [2.45, 2.75) is 26.8 Å². The first-order chi connectivity index (χ1) is 9.90. The molecule has 2 aromatic rings. The van der Waals surface area contributed by atoms with Crippen LogP contribution in [0.2, 0.25) is 0 Å². The normalized spacial score (nSPS) is 11.3. The van der Waals surface area contributed by atoms with E-state index in [1.807, 2.05) is 30.3 Å². The minimum Gasteiger partial charge on any atom is -0.481 e. The smallest absolute Gasteiger partial charge is 0.309 e. The number of hydrogen-bond donors (Lipinski definition) is 2. The highest BCUT2D eigenvalue weighted by Gasteiger charge is 2.29. The molecule has 0 aliphatic carbocycles. The fraction of sp³-hybridized carbons (Fsp3) is 0.312. The molecule has 2 rings (SSSR count). The van der Waals surface area contributed by atoms with Gasteiger partial charge in [0, 0.05) is 24.5 Å². The average Bonchev–Trinajstić information content (AvgIpc) is 2.44. The molecule has 1 heterocycles. The number of nitrogens with one attached hydrogen (secondary N) is 1. The van der Waals surface area contributed by atoms with E-state index in [-0.39, 0.29) is 12.3 Å². The molecule has 0 atom stereocenters. The Labute approximate surface area is 123 Å². The molecular formula is C16H18N2O3. The van der Waals surface area contributed by atoms with E-state index in [0.717, 1.165) is 16.5 Å². The monoisotopic (exact) mass is 286 g/mol. The van der Waals surface area contributed by atoms with Gasteiger partial charge in [0.2, 0.25) is 5.91 Å². The molecule has 0 aliphatic rings. The lowest BCUT2D eigenvalue weighted by atomic mass is 9.89. The molecule has 0 aliphatic heterocycles. The zero-order valence-corrected chi connectivity index (χ0v) is 12.1. The fourth-order valence-electron chi connectivity index (χ4n) is 2.04. The van der Waals surface area contributed by atoms with E-state index in [2.05, 4.69) is 10.3 Å². The molecule has 1 amide bonds. The second-order valence-corrected chi connectivity index (χ2v) is 5.63. The van der Waals surface area contributed by atoms with Crippen molar-refractivity contribution < 1.29 is 14.7 Å². The molecule has 1 aromatic heterocycles. The van der Waals surface area contributed by atoms with Crippen molar-refractivity contribution >= 4 is 22.8 Å². The number of amides is 1. The van der Waals surface area contributed by atoms with Crippen LogP contribution in [-0.4, -0.2) is 22.0 Å². The molecule has 2 N–H and O–H groups in total. The minimum absolute atomic E-state index is 0.0550. The Morgan fingerprint density at radius 2 is 1.95 bits per heavy atom. The van der Waals surface area contributed by atoms with Crippen LogP contribution in [0.1, 0.15) is 25.8 Å². The van der Waals surface area contributed by atoms with Crippen LogP contribution in [0.3, 0.4) is 0 Å². The van der Waals surface area contributed by atoms with Crippen molar-refractivity contribution in [2.75, 3.05) is 0 Å². The van der Waals surface area contributed by atoms with Gasteiger partial charge in [0.15, 0.2) is 0 Å². The van der Waals surface area contributed by atoms with E-state index in [4.69, 9.17) is 5.11 Å². The summed E-state index contributed by atoms with van der Waals surface area (Å²) in [5, 5.41) is 12.8. The first-order valence-electron chi connectivity index (χ1n) is 6.73. The summed E-state index contributed by atoms with van der Waals surface area (Å²) < 4.78 is 0.